The maximum absolute atomic E-state index is 12.2. The molecule has 1 N–H and O–H groups in total. The number of aliphatic hydroxyl groups excluding tert-OH is 1. The van der Waals surface area contributed by atoms with Crippen LogP contribution in [0.5, 0.6) is 0 Å². The molecule has 1 saturated carbocycles. The first-order valence-electron chi connectivity index (χ1n) is 5.57. The summed E-state index contributed by atoms with van der Waals surface area (Å²) in [5, 5.41) is 9.54. The molecule has 0 bridgehead atoms. The molecule has 1 fully saturated rings. The molecule has 0 radical (unpaired) electrons. The fourth-order valence-electron chi connectivity index (χ4n) is 2.52. The lowest BCUT2D eigenvalue weighted by atomic mass is 9.89. The Labute approximate surface area is 104 Å². The molecule has 0 amide bonds. The third-order valence-corrected chi connectivity index (χ3v) is 4.54. The molecular formula is C13H16F2OS. The molecule has 94 valence electrons. The quantitative estimate of drug-likeness (QED) is 0.832. The summed E-state index contributed by atoms with van der Waals surface area (Å²) in [6.07, 6.45) is 0.942. The monoisotopic (exact) mass is 258 g/mol. The highest BCUT2D eigenvalue weighted by Crippen LogP contribution is 2.63. The van der Waals surface area contributed by atoms with Gasteiger partial charge in [-0.1, -0.05) is 37.7 Å². The first-order chi connectivity index (χ1) is 7.91. The van der Waals surface area contributed by atoms with Gasteiger partial charge in [0.1, 0.15) is 0 Å². The van der Waals surface area contributed by atoms with Gasteiger partial charge in [0.05, 0.1) is 6.61 Å². The van der Waals surface area contributed by atoms with Crippen LogP contribution < -0.4 is 0 Å². The zero-order chi connectivity index (χ0) is 12.7. The normalized spacial score (nSPS) is 26.2. The first-order valence-corrected chi connectivity index (χ1v) is 6.45. The van der Waals surface area contributed by atoms with E-state index in [1.54, 1.807) is 12.1 Å². The maximum Gasteiger partial charge on any atom is 0.288 e. The number of thioether (sulfide) groups is 1. The number of halogens is 2. The molecule has 0 heterocycles. The lowest BCUT2D eigenvalue weighted by Crippen LogP contribution is -2.19. The summed E-state index contributed by atoms with van der Waals surface area (Å²) in [6.45, 7) is 4.34. The molecule has 0 saturated heterocycles. The number of hydrogen-bond donors (Lipinski definition) is 1. The minimum absolute atomic E-state index is 0.0964. The van der Waals surface area contributed by atoms with Crippen molar-refractivity contribution < 1.29 is 13.9 Å². The number of aliphatic hydroxyl groups is 1. The van der Waals surface area contributed by atoms with Crippen LogP contribution in [0.25, 0.3) is 0 Å². The van der Waals surface area contributed by atoms with Crippen LogP contribution in [-0.4, -0.2) is 17.5 Å². The lowest BCUT2D eigenvalue weighted by molar-refractivity contribution is 0.231. The standard InChI is InChI=1S/C13H16F2OS/c1-12(2)7-13(12,8-16)9-3-5-10(6-4-9)17-11(14)15/h3-6,11,16H,7-8H2,1-2H3. The van der Waals surface area contributed by atoms with Crippen LogP contribution in [0.3, 0.4) is 0 Å². The molecule has 1 atom stereocenters. The third kappa shape index (κ3) is 2.20. The average Bonchev–Trinajstić information content (AvgIpc) is 2.82. The predicted octanol–water partition coefficient (Wildman–Crippen LogP) is 3.66. The van der Waals surface area contributed by atoms with Crippen molar-refractivity contribution in [2.24, 2.45) is 5.41 Å². The van der Waals surface area contributed by atoms with Gasteiger partial charge in [0.15, 0.2) is 0 Å². The van der Waals surface area contributed by atoms with E-state index < -0.39 is 5.76 Å². The molecule has 0 spiro atoms. The average molecular weight is 258 g/mol. The second-order valence-corrected chi connectivity index (χ2v) is 6.27. The van der Waals surface area contributed by atoms with Crippen molar-refractivity contribution in [1.29, 1.82) is 0 Å². The maximum atomic E-state index is 12.2. The summed E-state index contributed by atoms with van der Waals surface area (Å²) in [7, 11) is 0. The Bertz CT molecular complexity index is 402. The molecule has 1 aliphatic carbocycles. The van der Waals surface area contributed by atoms with Crippen molar-refractivity contribution in [2.75, 3.05) is 6.61 Å². The topological polar surface area (TPSA) is 20.2 Å². The summed E-state index contributed by atoms with van der Waals surface area (Å²) in [5.74, 6) is -2.38. The van der Waals surface area contributed by atoms with Gasteiger partial charge in [0.25, 0.3) is 5.76 Å². The van der Waals surface area contributed by atoms with Crippen molar-refractivity contribution in [1.82, 2.24) is 0 Å². The zero-order valence-corrected chi connectivity index (χ0v) is 10.7. The second kappa shape index (κ2) is 4.25. The van der Waals surface area contributed by atoms with Crippen LogP contribution >= 0.6 is 11.8 Å². The summed E-state index contributed by atoms with van der Waals surface area (Å²) < 4.78 is 24.4. The Morgan fingerprint density at radius 2 is 1.82 bits per heavy atom. The molecule has 1 unspecified atom stereocenters. The van der Waals surface area contributed by atoms with E-state index in [0.717, 1.165) is 12.0 Å². The molecular weight excluding hydrogens is 242 g/mol. The zero-order valence-electron chi connectivity index (χ0n) is 9.91. The minimum atomic E-state index is -2.38. The van der Waals surface area contributed by atoms with E-state index in [2.05, 4.69) is 13.8 Å². The van der Waals surface area contributed by atoms with E-state index in [4.69, 9.17) is 0 Å². The number of benzene rings is 1. The summed E-state index contributed by atoms with van der Waals surface area (Å²) >= 11 is 0.550. The van der Waals surface area contributed by atoms with Crippen LogP contribution in [0.4, 0.5) is 8.78 Å². The number of alkyl halides is 2. The molecule has 4 heteroatoms. The molecule has 2 rings (SSSR count). The highest BCUT2D eigenvalue weighted by molar-refractivity contribution is 7.99. The van der Waals surface area contributed by atoms with Gasteiger partial charge in [0.2, 0.25) is 0 Å². The minimum Gasteiger partial charge on any atom is -0.395 e. The van der Waals surface area contributed by atoms with Gasteiger partial charge >= 0.3 is 0 Å². The van der Waals surface area contributed by atoms with Gasteiger partial charge in [-0.3, -0.25) is 0 Å². The van der Waals surface area contributed by atoms with Crippen molar-refractivity contribution >= 4 is 11.8 Å². The Hall–Kier alpha value is -0.610. The van der Waals surface area contributed by atoms with Crippen LogP contribution in [0, 0.1) is 5.41 Å². The SMILES string of the molecule is CC1(C)CC1(CO)c1ccc(SC(F)F)cc1. The Morgan fingerprint density at radius 3 is 2.18 bits per heavy atom. The van der Waals surface area contributed by atoms with E-state index >= 15 is 0 Å². The number of rotatable bonds is 4. The summed E-state index contributed by atoms with van der Waals surface area (Å²) in [5.41, 5.74) is 0.962. The molecule has 17 heavy (non-hydrogen) atoms. The van der Waals surface area contributed by atoms with E-state index in [0.29, 0.717) is 16.7 Å². The largest absolute Gasteiger partial charge is 0.395 e. The summed E-state index contributed by atoms with van der Waals surface area (Å²) in [6, 6.07) is 7.13. The van der Waals surface area contributed by atoms with E-state index in [1.807, 2.05) is 12.1 Å². The first kappa shape index (κ1) is 12.8. The molecule has 1 nitrogen and oxygen atoms in total. The van der Waals surface area contributed by atoms with Crippen molar-refractivity contribution in [2.45, 2.75) is 36.3 Å². The molecule has 1 aliphatic rings. The van der Waals surface area contributed by atoms with Gasteiger partial charge in [-0.25, -0.2) is 0 Å². The third-order valence-electron chi connectivity index (χ3n) is 3.82. The van der Waals surface area contributed by atoms with Crippen LogP contribution in [0.1, 0.15) is 25.8 Å². The van der Waals surface area contributed by atoms with E-state index in [-0.39, 0.29) is 17.4 Å². The van der Waals surface area contributed by atoms with Crippen LogP contribution in [0.15, 0.2) is 29.2 Å². The Morgan fingerprint density at radius 1 is 1.29 bits per heavy atom. The number of hydrogen-bond acceptors (Lipinski definition) is 2. The predicted molar refractivity (Wildman–Crippen MR) is 65.5 cm³/mol. The fourth-order valence-corrected chi connectivity index (χ4v) is 3.02. The van der Waals surface area contributed by atoms with Gasteiger partial charge in [-0.05, 0) is 29.5 Å². The highest BCUT2D eigenvalue weighted by Gasteiger charge is 2.61. The van der Waals surface area contributed by atoms with Crippen LogP contribution in [0.2, 0.25) is 0 Å². The fraction of sp³-hybridized carbons (Fsp3) is 0.538. The smallest absolute Gasteiger partial charge is 0.288 e. The van der Waals surface area contributed by atoms with Crippen molar-refractivity contribution in [3.05, 3.63) is 29.8 Å². The molecule has 0 aromatic heterocycles. The molecule has 0 aliphatic heterocycles. The van der Waals surface area contributed by atoms with Crippen molar-refractivity contribution in [3.8, 4) is 0 Å². The molecule has 1 aromatic rings. The highest BCUT2D eigenvalue weighted by atomic mass is 32.2. The Balaban J connectivity index is 2.19. The Kier molecular flexibility index (Phi) is 3.21. The lowest BCUT2D eigenvalue weighted by Gasteiger charge is -2.18. The van der Waals surface area contributed by atoms with Gasteiger partial charge in [-0.15, -0.1) is 0 Å². The molecule has 1 aromatic carbocycles. The second-order valence-electron chi connectivity index (χ2n) is 5.20. The van der Waals surface area contributed by atoms with Gasteiger partial charge < -0.3 is 5.11 Å². The van der Waals surface area contributed by atoms with Gasteiger partial charge in [0, 0.05) is 10.3 Å². The van der Waals surface area contributed by atoms with E-state index in [1.165, 1.54) is 0 Å². The van der Waals surface area contributed by atoms with Crippen molar-refractivity contribution in [3.63, 3.8) is 0 Å². The van der Waals surface area contributed by atoms with Crippen LogP contribution in [-0.2, 0) is 5.41 Å². The summed E-state index contributed by atoms with van der Waals surface area (Å²) in [4.78, 5) is 0.565. The van der Waals surface area contributed by atoms with E-state index in [9.17, 15) is 13.9 Å². The van der Waals surface area contributed by atoms with Gasteiger partial charge in [-0.2, -0.15) is 8.78 Å².